The summed E-state index contributed by atoms with van der Waals surface area (Å²) in [6, 6.07) is 0. The van der Waals surface area contributed by atoms with Gasteiger partial charge in [-0.15, -0.1) is 0 Å². The molecular weight excluding hydrogens is 182 g/mol. The molecule has 0 aliphatic rings. The molecule has 74 valence electrons. The van der Waals surface area contributed by atoms with Gasteiger partial charge in [-0.25, -0.2) is 9.97 Å². The van der Waals surface area contributed by atoms with Crippen molar-refractivity contribution >= 4 is 6.08 Å². The Labute approximate surface area is 81.7 Å². The van der Waals surface area contributed by atoms with E-state index in [-0.39, 0.29) is 16.5 Å². The lowest BCUT2D eigenvalue weighted by atomic mass is 10.1. The molecule has 0 atom stereocenters. The fourth-order valence-electron chi connectivity index (χ4n) is 0.986. The quantitative estimate of drug-likeness (QED) is 0.541. The molecule has 0 saturated heterocycles. The Bertz CT molecular complexity index is 346. The molecule has 0 bridgehead atoms. The summed E-state index contributed by atoms with van der Waals surface area (Å²) in [7, 11) is 0. The molecular formula is C9H11N3O2. The molecule has 0 aliphatic carbocycles. The highest BCUT2D eigenvalue weighted by Gasteiger charge is 2.15. The first-order valence-corrected chi connectivity index (χ1v) is 4.22. The summed E-state index contributed by atoms with van der Waals surface area (Å²) in [4.78, 5) is 17.8. The van der Waals surface area contributed by atoms with Gasteiger partial charge in [-0.3, -0.25) is 10.1 Å². The van der Waals surface area contributed by atoms with Crippen molar-refractivity contribution in [1.29, 1.82) is 0 Å². The van der Waals surface area contributed by atoms with E-state index in [1.54, 1.807) is 26.2 Å². The van der Waals surface area contributed by atoms with Gasteiger partial charge in [0.25, 0.3) is 0 Å². The van der Waals surface area contributed by atoms with Crippen molar-refractivity contribution in [1.82, 2.24) is 9.97 Å². The third-order valence-electron chi connectivity index (χ3n) is 1.70. The molecule has 1 rings (SSSR count). The van der Waals surface area contributed by atoms with Crippen LogP contribution < -0.4 is 0 Å². The minimum absolute atomic E-state index is 0.120. The van der Waals surface area contributed by atoms with Crippen LogP contribution in [0.1, 0.15) is 19.4 Å². The topological polar surface area (TPSA) is 68.9 Å². The van der Waals surface area contributed by atoms with Crippen LogP contribution in [0, 0.1) is 16.0 Å². The third kappa shape index (κ3) is 2.62. The van der Waals surface area contributed by atoms with Gasteiger partial charge in [-0.1, -0.05) is 13.8 Å². The van der Waals surface area contributed by atoms with E-state index < -0.39 is 0 Å². The van der Waals surface area contributed by atoms with Crippen LogP contribution in [0.4, 0.5) is 0 Å². The van der Waals surface area contributed by atoms with Crippen LogP contribution in [0.2, 0.25) is 0 Å². The first kappa shape index (κ1) is 10.3. The van der Waals surface area contributed by atoms with Gasteiger partial charge in [-0.05, 0) is 0 Å². The lowest BCUT2D eigenvalue weighted by molar-refractivity contribution is -0.431. The number of hydrogen-bond acceptors (Lipinski definition) is 4. The van der Waals surface area contributed by atoms with Crippen LogP contribution >= 0.6 is 0 Å². The van der Waals surface area contributed by atoms with Crippen molar-refractivity contribution < 1.29 is 4.92 Å². The van der Waals surface area contributed by atoms with Crippen LogP contribution in [0.3, 0.4) is 0 Å². The summed E-state index contributed by atoms with van der Waals surface area (Å²) in [5, 5.41) is 10.6. The summed E-state index contributed by atoms with van der Waals surface area (Å²) >= 11 is 0. The highest BCUT2D eigenvalue weighted by atomic mass is 16.6. The lowest BCUT2D eigenvalue weighted by Crippen LogP contribution is -2.05. The van der Waals surface area contributed by atoms with Crippen molar-refractivity contribution in [2.45, 2.75) is 13.8 Å². The Kier molecular flexibility index (Phi) is 3.28. The van der Waals surface area contributed by atoms with E-state index in [1.807, 2.05) is 0 Å². The zero-order valence-electron chi connectivity index (χ0n) is 8.04. The maximum atomic E-state index is 10.6. The second-order valence-corrected chi connectivity index (χ2v) is 3.15. The normalized spacial score (nSPS) is 11.8. The van der Waals surface area contributed by atoms with Crippen LogP contribution in [-0.4, -0.2) is 14.9 Å². The molecule has 0 radical (unpaired) electrons. The van der Waals surface area contributed by atoms with Crippen LogP contribution in [-0.2, 0) is 0 Å². The summed E-state index contributed by atoms with van der Waals surface area (Å²) in [6.45, 7) is 3.55. The number of rotatable bonds is 3. The van der Waals surface area contributed by atoms with Gasteiger partial charge in [0.05, 0.1) is 4.92 Å². The van der Waals surface area contributed by atoms with Gasteiger partial charge in [-0.2, -0.15) is 0 Å². The fraction of sp³-hybridized carbons (Fsp3) is 0.333. The van der Waals surface area contributed by atoms with Crippen LogP contribution in [0.25, 0.3) is 6.08 Å². The second kappa shape index (κ2) is 4.45. The summed E-state index contributed by atoms with van der Waals surface area (Å²) in [5.41, 5.74) is 0.813. The Hall–Kier alpha value is -1.78. The molecule has 0 saturated carbocycles. The van der Waals surface area contributed by atoms with Crippen LogP contribution in [0.5, 0.6) is 0 Å². The molecule has 0 N–H and O–H groups in total. The zero-order valence-corrected chi connectivity index (χ0v) is 8.04. The third-order valence-corrected chi connectivity index (χ3v) is 1.70. The number of aromatic nitrogens is 2. The monoisotopic (exact) mass is 193 g/mol. The second-order valence-electron chi connectivity index (χ2n) is 3.15. The molecule has 0 fully saturated rings. The SMILES string of the molecule is CC(C)/C(=C\c1cncnc1)[N+](=O)[O-]. The molecule has 1 aromatic rings. The van der Waals surface area contributed by atoms with E-state index in [0.717, 1.165) is 0 Å². The van der Waals surface area contributed by atoms with Crippen molar-refractivity contribution in [2.24, 2.45) is 5.92 Å². The number of nitrogens with zero attached hydrogens (tertiary/aromatic N) is 3. The summed E-state index contributed by atoms with van der Waals surface area (Å²) in [6.07, 6.45) is 5.96. The van der Waals surface area contributed by atoms with Gasteiger partial charge in [0.1, 0.15) is 6.33 Å². The highest BCUT2D eigenvalue weighted by Crippen LogP contribution is 2.13. The Morgan fingerprint density at radius 2 is 2.07 bits per heavy atom. The predicted octanol–water partition coefficient (Wildman–Crippen LogP) is 1.75. The minimum Gasteiger partial charge on any atom is -0.259 e. The minimum atomic E-state index is -0.377. The summed E-state index contributed by atoms with van der Waals surface area (Å²) in [5.74, 6) is -0.120. The van der Waals surface area contributed by atoms with Gasteiger partial charge in [0, 0.05) is 30.0 Å². The molecule has 0 aliphatic heterocycles. The molecule has 0 unspecified atom stereocenters. The lowest BCUT2D eigenvalue weighted by Gasteiger charge is -2.00. The summed E-state index contributed by atoms with van der Waals surface area (Å²) < 4.78 is 0. The molecule has 5 heteroatoms. The smallest absolute Gasteiger partial charge is 0.249 e. The molecule has 5 nitrogen and oxygen atoms in total. The molecule has 0 amide bonds. The number of nitro groups is 1. The average molecular weight is 193 g/mol. The van der Waals surface area contributed by atoms with Crippen molar-refractivity contribution in [3.8, 4) is 0 Å². The predicted molar refractivity (Wildman–Crippen MR) is 51.8 cm³/mol. The molecule has 0 aromatic carbocycles. The van der Waals surface area contributed by atoms with Crippen molar-refractivity contribution in [3.05, 3.63) is 40.1 Å². The maximum absolute atomic E-state index is 10.6. The molecule has 1 heterocycles. The van der Waals surface area contributed by atoms with E-state index in [9.17, 15) is 10.1 Å². The first-order valence-electron chi connectivity index (χ1n) is 4.22. The van der Waals surface area contributed by atoms with Gasteiger partial charge >= 0.3 is 0 Å². The number of hydrogen-bond donors (Lipinski definition) is 0. The zero-order chi connectivity index (χ0) is 10.6. The first-order chi connectivity index (χ1) is 6.61. The van der Waals surface area contributed by atoms with Gasteiger partial charge in [0.15, 0.2) is 0 Å². The standard InChI is InChI=1S/C9H11N3O2/c1-7(2)9(12(13)14)3-8-4-10-6-11-5-8/h3-7H,1-2H3/b9-3+. The Balaban J connectivity index is 3.00. The van der Waals surface area contributed by atoms with Crippen LogP contribution in [0.15, 0.2) is 24.4 Å². The Morgan fingerprint density at radius 3 is 2.50 bits per heavy atom. The molecule has 14 heavy (non-hydrogen) atoms. The van der Waals surface area contributed by atoms with E-state index in [0.29, 0.717) is 5.56 Å². The molecule has 0 spiro atoms. The Morgan fingerprint density at radius 1 is 1.50 bits per heavy atom. The van der Waals surface area contributed by atoms with Crippen molar-refractivity contribution in [2.75, 3.05) is 0 Å². The van der Waals surface area contributed by atoms with E-state index in [2.05, 4.69) is 9.97 Å². The van der Waals surface area contributed by atoms with Crippen molar-refractivity contribution in [3.63, 3.8) is 0 Å². The van der Waals surface area contributed by atoms with E-state index in [1.165, 1.54) is 12.4 Å². The number of allylic oxidation sites excluding steroid dienone is 1. The largest absolute Gasteiger partial charge is 0.259 e. The fourth-order valence-corrected chi connectivity index (χ4v) is 0.986. The molecule has 1 aromatic heterocycles. The highest BCUT2D eigenvalue weighted by molar-refractivity contribution is 5.48. The van der Waals surface area contributed by atoms with E-state index >= 15 is 0 Å². The average Bonchev–Trinajstić information content (AvgIpc) is 2.15. The van der Waals surface area contributed by atoms with Gasteiger partial charge in [0.2, 0.25) is 5.70 Å². The van der Waals surface area contributed by atoms with E-state index in [4.69, 9.17) is 0 Å². The van der Waals surface area contributed by atoms with Gasteiger partial charge < -0.3 is 0 Å². The maximum Gasteiger partial charge on any atom is 0.249 e.